The molecule has 0 spiro atoms. The number of rotatable bonds is 9. The molecule has 8 heteroatoms. The molecule has 1 N–H and O–H groups in total. The zero-order valence-electron chi connectivity index (χ0n) is 20.3. The smallest absolute Gasteiger partial charge is 0.257 e. The lowest BCUT2D eigenvalue weighted by Gasteiger charge is -2.26. The van der Waals surface area contributed by atoms with Crippen LogP contribution in [0.25, 0.3) is 0 Å². The van der Waals surface area contributed by atoms with Gasteiger partial charge in [0.2, 0.25) is 0 Å². The van der Waals surface area contributed by atoms with Crippen molar-refractivity contribution in [3.05, 3.63) is 92.9 Å². The molecule has 2 heterocycles. The number of aromatic nitrogens is 2. The number of amides is 1. The molecule has 1 aliphatic heterocycles. The molecule has 7 nitrogen and oxygen atoms in total. The fraction of sp³-hybridized carbons (Fsp3) is 0.370. The topological polar surface area (TPSA) is 76.5 Å². The van der Waals surface area contributed by atoms with E-state index in [1.165, 1.54) is 11.8 Å². The van der Waals surface area contributed by atoms with Gasteiger partial charge in [-0.2, -0.15) is 0 Å². The van der Waals surface area contributed by atoms with E-state index < -0.39 is 0 Å². The molecule has 1 saturated heterocycles. The van der Waals surface area contributed by atoms with Crippen molar-refractivity contribution in [1.29, 1.82) is 0 Å². The normalized spacial score (nSPS) is 14.1. The van der Waals surface area contributed by atoms with Crippen molar-refractivity contribution in [2.45, 2.75) is 24.3 Å². The SMILES string of the molecule is Cc1nc(SCc2cccc(C(=O)NCCN3CCOCC3)c2)n(C)c(=O)c1Cc1ccccc1. The minimum Gasteiger partial charge on any atom is -0.379 e. The Morgan fingerprint density at radius 3 is 2.60 bits per heavy atom. The number of morpholine rings is 1. The molecule has 4 rings (SSSR count). The molecule has 1 amide bonds. The summed E-state index contributed by atoms with van der Waals surface area (Å²) in [6, 6.07) is 17.6. The van der Waals surface area contributed by atoms with Crippen molar-refractivity contribution < 1.29 is 9.53 Å². The summed E-state index contributed by atoms with van der Waals surface area (Å²) in [6.07, 6.45) is 0.569. The van der Waals surface area contributed by atoms with Crippen LogP contribution < -0.4 is 10.9 Å². The molecule has 1 aromatic heterocycles. The van der Waals surface area contributed by atoms with Gasteiger partial charge in [-0.1, -0.05) is 54.2 Å². The van der Waals surface area contributed by atoms with Gasteiger partial charge in [-0.3, -0.25) is 19.1 Å². The maximum absolute atomic E-state index is 13.0. The summed E-state index contributed by atoms with van der Waals surface area (Å²) in [6.45, 7) is 6.65. The number of carbonyl (C=O) groups excluding carboxylic acids is 1. The highest BCUT2D eigenvalue weighted by molar-refractivity contribution is 7.98. The second kappa shape index (κ2) is 12.2. The van der Waals surface area contributed by atoms with Crippen LogP contribution in [0.3, 0.4) is 0 Å². The van der Waals surface area contributed by atoms with Gasteiger partial charge in [0.25, 0.3) is 11.5 Å². The number of benzene rings is 2. The minimum atomic E-state index is -0.0725. The zero-order valence-corrected chi connectivity index (χ0v) is 21.1. The predicted octanol–water partition coefficient (Wildman–Crippen LogP) is 3.03. The van der Waals surface area contributed by atoms with E-state index >= 15 is 0 Å². The summed E-state index contributed by atoms with van der Waals surface area (Å²) in [7, 11) is 1.77. The predicted molar refractivity (Wildman–Crippen MR) is 139 cm³/mol. The van der Waals surface area contributed by atoms with Crippen molar-refractivity contribution >= 4 is 17.7 Å². The van der Waals surface area contributed by atoms with Crippen LogP contribution >= 0.6 is 11.8 Å². The molecule has 0 bridgehead atoms. The third-order valence-corrected chi connectivity index (χ3v) is 7.25. The molecule has 0 atom stereocenters. The minimum absolute atomic E-state index is 0.0164. The zero-order chi connectivity index (χ0) is 24.6. The second-order valence-corrected chi connectivity index (χ2v) is 9.63. The van der Waals surface area contributed by atoms with E-state index in [2.05, 4.69) is 10.2 Å². The lowest BCUT2D eigenvalue weighted by Crippen LogP contribution is -2.41. The van der Waals surface area contributed by atoms with E-state index in [1.807, 2.05) is 61.5 Å². The third-order valence-electron chi connectivity index (χ3n) is 6.15. The molecule has 184 valence electrons. The van der Waals surface area contributed by atoms with Gasteiger partial charge in [-0.05, 0) is 30.2 Å². The molecule has 2 aromatic carbocycles. The van der Waals surface area contributed by atoms with Crippen LogP contribution in [-0.2, 0) is 24.0 Å². The van der Waals surface area contributed by atoms with Crippen LogP contribution in [0.5, 0.6) is 0 Å². The van der Waals surface area contributed by atoms with Crippen molar-refractivity contribution in [2.75, 3.05) is 39.4 Å². The molecule has 0 aliphatic carbocycles. The largest absolute Gasteiger partial charge is 0.379 e. The molecule has 0 radical (unpaired) electrons. The summed E-state index contributed by atoms with van der Waals surface area (Å²) in [5.41, 5.74) is 4.20. The fourth-order valence-corrected chi connectivity index (χ4v) is 5.02. The van der Waals surface area contributed by atoms with Crippen LogP contribution in [-0.4, -0.2) is 59.8 Å². The molecular weight excluding hydrogens is 460 g/mol. The number of carbonyl (C=O) groups is 1. The van der Waals surface area contributed by atoms with E-state index in [9.17, 15) is 9.59 Å². The molecule has 0 unspecified atom stereocenters. The highest BCUT2D eigenvalue weighted by Crippen LogP contribution is 2.22. The lowest BCUT2D eigenvalue weighted by atomic mass is 10.1. The number of thioether (sulfide) groups is 1. The molecule has 3 aromatic rings. The number of nitrogens with one attached hydrogen (secondary N) is 1. The molecule has 35 heavy (non-hydrogen) atoms. The number of hydrogen-bond acceptors (Lipinski definition) is 6. The molecule has 1 aliphatic rings. The Morgan fingerprint density at radius 1 is 1.09 bits per heavy atom. The Morgan fingerprint density at radius 2 is 1.83 bits per heavy atom. The van der Waals surface area contributed by atoms with Crippen LogP contribution in [0.4, 0.5) is 0 Å². The Kier molecular flexibility index (Phi) is 8.74. The van der Waals surface area contributed by atoms with Gasteiger partial charge in [0, 0.05) is 62.2 Å². The summed E-state index contributed by atoms with van der Waals surface area (Å²) in [4.78, 5) is 32.7. The van der Waals surface area contributed by atoms with Gasteiger partial charge < -0.3 is 10.1 Å². The van der Waals surface area contributed by atoms with Crippen molar-refractivity contribution in [1.82, 2.24) is 19.8 Å². The lowest BCUT2D eigenvalue weighted by molar-refractivity contribution is 0.0383. The highest BCUT2D eigenvalue weighted by atomic mass is 32.2. The van der Waals surface area contributed by atoms with Gasteiger partial charge in [0.05, 0.1) is 13.2 Å². The Labute approximate surface area is 210 Å². The average molecular weight is 493 g/mol. The van der Waals surface area contributed by atoms with Crippen molar-refractivity contribution in [2.24, 2.45) is 7.05 Å². The van der Waals surface area contributed by atoms with Crippen LogP contribution in [0.1, 0.15) is 32.7 Å². The van der Waals surface area contributed by atoms with Crippen LogP contribution in [0, 0.1) is 6.92 Å². The van der Waals surface area contributed by atoms with E-state index in [4.69, 9.17) is 9.72 Å². The first-order valence-corrected chi connectivity index (χ1v) is 12.9. The van der Waals surface area contributed by atoms with Crippen molar-refractivity contribution in [3.63, 3.8) is 0 Å². The number of nitrogens with zero attached hydrogens (tertiary/aromatic N) is 3. The standard InChI is InChI=1S/C27H32N4O3S/c1-20-24(18-21-7-4-3-5-8-21)26(33)30(2)27(29-20)35-19-22-9-6-10-23(17-22)25(32)28-11-12-31-13-15-34-16-14-31/h3-10,17H,11-16,18-19H2,1-2H3,(H,28,32). The first-order chi connectivity index (χ1) is 17.0. The number of aryl methyl sites for hydroxylation is 1. The van der Waals surface area contributed by atoms with E-state index in [-0.39, 0.29) is 11.5 Å². The molecular formula is C27H32N4O3S. The van der Waals surface area contributed by atoms with Crippen LogP contribution in [0.2, 0.25) is 0 Å². The Balaban J connectivity index is 1.36. The molecule has 1 fully saturated rings. The third kappa shape index (κ3) is 6.81. The summed E-state index contributed by atoms with van der Waals surface area (Å²) in [5, 5.41) is 3.68. The average Bonchev–Trinajstić information content (AvgIpc) is 2.89. The first kappa shape index (κ1) is 25.2. The van der Waals surface area contributed by atoms with Gasteiger partial charge in [-0.25, -0.2) is 4.98 Å². The number of ether oxygens (including phenoxy) is 1. The summed E-state index contributed by atoms with van der Waals surface area (Å²) < 4.78 is 6.98. The summed E-state index contributed by atoms with van der Waals surface area (Å²) >= 11 is 1.50. The van der Waals surface area contributed by atoms with Gasteiger partial charge in [0.1, 0.15) is 0 Å². The van der Waals surface area contributed by atoms with Crippen molar-refractivity contribution in [3.8, 4) is 0 Å². The Bertz CT molecular complexity index is 1210. The van der Waals surface area contributed by atoms with E-state index in [0.717, 1.165) is 55.2 Å². The van der Waals surface area contributed by atoms with Gasteiger partial charge >= 0.3 is 0 Å². The Hall–Kier alpha value is -2.94. The van der Waals surface area contributed by atoms with Gasteiger partial charge in [0.15, 0.2) is 5.16 Å². The molecule has 0 saturated carbocycles. The van der Waals surface area contributed by atoms with E-state index in [1.54, 1.807) is 11.6 Å². The monoisotopic (exact) mass is 492 g/mol. The van der Waals surface area contributed by atoms with E-state index in [0.29, 0.717) is 29.4 Å². The number of hydrogen-bond donors (Lipinski definition) is 1. The fourth-order valence-electron chi connectivity index (χ4n) is 4.07. The second-order valence-electron chi connectivity index (χ2n) is 8.68. The highest BCUT2D eigenvalue weighted by Gasteiger charge is 2.14. The quantitative estimate of drug-likeness (QED) is 0.366. The first-order valence-electron chi connectivity index (χ1n) is 11.9. The van der Waals surface area contributed by atoms with Crippen LogP contribution in [0.15, 0.2) is 64.5 Å². The maximum Gasteiger partial charge on any atom is 0.257 e. The summed E-state index contributed by atoms with van der Waals surface area (Å²) in [5.74, 6) is 0.545. The maximum atomic E-state index is 13.0. The van der Waals surface area contributed by atoms with Gasteiger partial charge in [-0.15, -0.1) is 0 Å².